The lowest BCUT2D eigenvalue weighted by molar-refractivity contribution is 1.37. The van der Waals surface area contributed by atoms with Crippen LogP contribution in [-0.4, -0.2) is 0 Å². The first-order chi connectivity index (χ1) is 8.97. The third-order valence-electron chi connectivity index (χ3n) is 2.40. The summed E-state index contributed by atoms with van der Waals surface area (Å²) in [6, 6.07) is 12.1. The van der Waals surface area contributed by atoms with Crippen LogP contribution in [0.5, 0.6) is 0 Å². The highest BCUT2D eigenvalue weighted by Gasteiger charge is 2.00. The van der Waals surface area contributed by atoms with Gasteiger partial charge in [0.15, 0.2) is 0 Å². The summed E-state index contributed by atoms with van der Waals surface area (Å²) < 4.78 is 4.58. The zero-order valence-corrected chi connectivity index (χ0v) is 18.0. The quantitative estimate of drug-likeness (QED) is 0.305. The van der Waals surface area contributed by atoms with Crippen molar-refractivity contribution in [1.82, 2.24) is 0 Å². The van der Waals surface area contributed by atoms with E-state index < -0.39 is 0 Å². The van der Waals surface area contributed by atoms with Gasteiger partial charge in [0.25, 0.3) is 0 Å². The third kappa shape index (κ3) is 5.62. The molecule has 102 valence electrons. The van der Waals surface area contributed by atoms with Crippen LogP contribution in [0.4, 0.5) is 0 Å². The highest BCUT2D eigenvalue weighted by atomic mass is 79.9. The average molecular weight is 579 g/mol. The Kier molecular flexibility index (Phi) is 8.46. The molecule has 19 heavy (non-hydrogen) atoms. The van der Waals surface area contributed by atoms with Gasteiger partial charge in [-0.25, -0.2) is 0 Å². The maximum Gasteiger partial charge on any atom is 0.0305 e. The standard InChI is InChI=1S/C7H5Br3.C7H6Br2/c8-4-5-6(9)2-1-3-7(5)10;1-5-6(8)3-2-4-7(5)9/h1-3H,4H2;2-4H,1H3. The second-order valence-electron chi connectivity index (χ2n) is 3.68. The first-order valence-corrected chi connectivity index (χ1v) is 9.66. The summed E-state index contributed by atoms with van der Waals surface area (Å²) in [4.78, 5) is 0. The molecule has 0 aliphatic rings. The fraction of sp³-hybridized carbons (Fsp3) is 0.143. The van der Waals surface area contributed by atoms with Gasteiger partial charge in [0.2, 0.25) is 0 Å². The molecule has 0 atom stereocenters. The fourth-order valence-electron chi connectivity index (χ4n) is 1.24. The van der Waals surface area contributed by atoms with Gasteiger partial charge >= 0.3 is 0 Å². The second kappa shape index (κ2) is 8.98. The molecule has 0 saturated heterocycles. The number of alkyl halides is 1. The van der Waals surface area contributed by atoms with Gasteiger partial charge in [-0.3, -0.25) is 0 Å². The number of benzene rings is 2. The first-order valence-electron chi connectivity index (χ1n) is 5.36. The number of hydrogen-bond donors (Lipinski definition) is 0. The Balaban J connectivity index is 0.000000191. The molecule has 0 saturated carbocycles. The monoisotopic (exact) mass is 574 g/mol. The molecular formula is C14H11Br5. The van der Waals surface area contributed by atoms with E-state index in [9.17, 15) is 0 Å². The molecule has 2 aromatic rings. The predicted molar refractivity (Wildman–Crippen MR) is 101 cm³/mol. The normalized spacial score (nSPS) is 9.79. The van der Waals surface area contributed by atoms with Crippen molar-refractivity contribution >= 4 is 79.6 Å². The van der Waals surface area contributed by atoms with E-state index in [2.05, 4.69) is 86.6 Å². The van der Waals surface area contributed by atoms with Crippen molar-refractivity contribution in [2.24, 2.45) is 0 Å². The summed E-state index contributed by atoms with van der Waals surface area (Å²) in [5.74, 6) is 0. The minimum absolute atomic E-state index is 0.870. The summed E-state index contributed by atoms with van der Waals surface area (Å²) in [6.07, 6.45) is 0. The fourth-order valence-corrected chi connectivity index (χ4v) is 4.87. The lowest BCUT2D eigenvalue weighted by Crippen LogP contribution is -1.80. The molecule has 2 rings (SSSR count). The van der Waals surface area contributed by atoms with E-state index >= 15 is 0 Å². The maximum absolute atomic E-state index is 3.45. The van der Waals surface area contributed by atoms with Gasteiger partial charge in [-0.2, -0.15) is 0 Å². The van der Waals surface area contributed by atoms with Gasteiger partial charge in [0.1, 0.15) is 0 Å². The van der Waals surface area contributed by atoms with Crippen LogP contribution < -0.4 is 0 Å². The molecule has 0 amide bonds. The van der Waals surface area contributed by atoms with Crippen molar-refractivity contribution in [3.63, 3.8) is 0 Å². The summed E-state index contributed by atoms with van der Waals surface area (Å²) >= 11 is 17.1. The Hall–Kier alpha value is 0.840. The van der Waals surface area contributed by atoms with Crippen LogP contribution >= 0.6 is 79.6 Å². The third-order valence-corrected chi connectivity index (χ3v) is 6.16. The molecule has 0 fully saturated rings. The zero-order valence-electron chi connectivity index (χ0n) is 10.1. The average Bonchev–Trinajstić information content (AvgIpc) is 2.37. The molecule has 0 unspecified atom stereocenters. The summed E-state index contributed by atoms with van der Waals surface area (Å²) in [7, 11) is 0. The lowest BCUT2D eigenvalue weighted by atomic mass is 10.2. The molecule has 0 aromatic heterocycles. The van der Waals surface area contributed by atoms with E-state index in [0.717, 1.165) is 23.2 Å². The molecule has 0 spiro atoms. The molecule has 0 aliphatic heterocycles. The van der Waals surface area contributed by atoms with Crippen molar-refractivity contribution in [3.8, 4) is 0 Å². The van der Waals surface area contributed by atoms with E-state index in [-0.39, 0.29) is 0 Å². The molecule has 5 heteroatoms. The molecule has 0 heterocycles. The molecule has 0 bridgehead atoms. The summed E-state index contributed by atoms with van der Waals surface area (Å²) in [6.45, 7) is 2.06. The van der Waals surface area contributed by atoms with Gasteiger partial charge in [-0.1, -0.05) is 91.8 Å². The number of halogens is 5. The van der Waals surface area contributed by atoms with E-state index in [1.165, 1.54) is 11.1 Å². The molecule has 0 nitrogen and oxygen atoms in total. The SMILES string of the molecule is BrCc1c(Br)cccc1Br.Cc1c(Br)cccc1Br. The van der Waals surface area contributed by atoms with Crippen molar-refractivity contribution in [2.75, 3.05) is 0 Å². The van der Waals surface area contributed by atoms with Gasteiger partial charge in [0.05, 0.1) is 0 Å². The molecule has 2 aromatic carbocycles. The Morgan fingerprint density at radius 2 is 1.11 bits per heavy atom. The van der Waals surface area contributed by atoms with E-state index in [4.69, 9.17) is 0 Å². The van der Waals surface area contributed by atoms with Gasteiger partial charge in [-0.05, 0) is 42.3 Å². The van der Waals surface area contributed by atoms with E-state index in [1.54, 1.807) is 0 Å². The van der Waals surface area contributed by atoms with Crippen LogP contribution in [0.1, 0.15) is 11.1 Å². The van der Waals surface area contributed by atoms with E-state index in [1.807, 2.05) is 36.4 Å². The first kappa shape index (κ1) is 17.9. The Bertz CT molecular complexity index is 511. The Morgan fingerprint density at radius 1 is 0.737 bits per heavy atom. The smallest absolute Gasteiger partial charge is 0.0305 e. The zero-order chi connectivity index (χ0) is 14.4. The van der Waals surface area contributed by atoms with Crippen LogP contribution in [0.2, 0.25) is 0 Å². The van der Waals surface area contributed by atoms with Crippen LogP contribution in [0.3, 0.4) is 0 Å². The van der Waals surface area contributed by atoms with Crippen molar-refractivity contribution < 1.29 is 0 Å². The summed E-state index contributed by atoms with van der Waals surface area (Å²) in [5, 5.41) is 0.870. The van der Waals surface area contributed by atoms with Crippen LogP contribution in [0.25, 0.3) is 0 Å². The Morgan fingerprint density at radius 3 is 1.37 bits per heavy atom. The van der Waals surface area contributed by atoms with Gasteiger partial charge in [-0.15, -0.1) is 0 Å². The van der Waals surface area contributed by atoms with Gasteiger partial charge < -0.3 is 0 Å². The molecular weight excluding hydrogens is 568 g/mol. The van der Waals surface area contributed by atoms with E-state index in [0.29, 0.717) is 0 Å². The van der Waals surface area contributed by atoms with Crippen molar-refractivity contribution in [1.29, 1.82) is 0 Å². The highest BCUT2D eigenvalue weighted by Crippen LogP contribution is 2.26. The minimum atomic E-state index is 0.870. The highest BCUT2D eigenvalue weighted by molar-refractivity contribution is 9.11. The molecule has 0 aliphatic carbocycles. The largest absolute Gasteiger partial charge is 0.0875 e. The topological polar surface area (TPSA) is 0 Å². The predicted octanol–water partition coefficient (Wildman–Crippen LogP) is 7.63. The van der Waals surface area contributed by atoms with Gasteiger partial charge in [0, 0.05) is 23.2 Å². The van der Waals surface area contributed by atoms with Crippen molar-refractivity contribution in [3.05, 3.63) is 65.4 Å². The lowest BCUT2D eigenvalue weighted by Gasteiger charge is -2.01. The summed E-state index contributed by atoms with van der Waals surface area (Å²) in [5.41, 5.74) is 2.50. The minimum Gasteiger partial charge on any atom is -0.0875 e. The maximum atomic E-state index is 3.45. The van der Waals surface area contributed by atoms with Crippen molar-refractivity contribution in [2.45, 2.75) is 12.3 Å². The number of rotatable bonds is 1. The van der Waals surface area contributed by atoms with Crippen LogP contribution in [0.15, 0.2) is 54.3 Å². The Labute approximate surface area is 156 Å². The van der Waals surface area contributed by atoms with Crippen LogP contribution in [-0.2, 0) is 5.33 Å². The number of hydrogen-bond acceptors (Lipinski definition) is 0. The second-order valence-corrected chi connectivity index (χ2v) is 7.66. The molecule has 0 radical (unpaired) electrons. The van der Waals surface area contributed by atoms with Crippen LogP contribution in [0, 0.1) is 6.92 Å². The molecule has 0 N–H and O–H groups in total.